The first-order valence-electron chi connectivity index (χ1n) is 11.7. The number of aliphatic carboxylic acids is 1. The number of carbonyl (C=O) groups excluding carboxylic acids is 1. The van der Waals surface area contributed by atoms with Crippen LogP contribution in [-0.4, -0.2) is 92.4 Å². The molecule has 5 fully saturated rings. The third-order valence-corrected chi connectivity index (χ3v) is 8.91. The Balaban J connectivity index is 1.22. The van der Waals surface area contributed by atoms with Gasteiger partial charge in [0, 0.05) is 23.3 Å². The fourth-order valence-electron chi connectivity index (χ4n) is 6.87. The van der Waals surface area contributed by atoms with Gasteiger partial charge in [-0.1, -0.05) is 46.8 Å². The lowest BCUT2D eigenvalue weighted by Crippen LogP contribution is -2.79. The molecule has 7 rings (SSSR count). The number of aliphatic hydroxyl groups excluding tert-OH is 3. The normalized spacial score (nSPS) is 43.1. The highest BCUT2D eigenvalue weighted by molar-refractivity contribution is 7.16. The van der Waals surface area contributed by atoms with Crippen molar-refractivity contribution in [2.45, 2.75) is 49.6 Å². The van der Waals surface area contributed by atoms with Crippen LogP contribution in [0.3, 0.4) is 0 Å². The van der Waals surface area contributed by atoms with Gasteiger partial charge in [-0.15, -0.1) is 5.10 Å². The summed E-state index contributed by atoms with van der Waals surface area (Å²) >= 11 is 1.41. The summed E-state index contributed by atoms with van der Waals surface area (Å²) < 4.78 is 12.5. The van der Waals surface area contributed by atoms with Crippen LogP contribution in [-0.2, 0) is 9.53 Å². The number of carbonyl (C=O) groups is 1. The molecule has 34 heavy (non-hydrogen) atoms. The van der Waals surface area contributed by atoms with Gasteiger partial charge in [0.1, 0.15) is 24.4 Å². The monoisotopic (exact) mass is 489 g/mol. The summed E-state index contributed by atoms with van der Waals surface area (Å²) in [5, 5.41) is 52.6. The van der Waals surface area contributed by atoms with Crippen molar-refractivity contribution in [3.05, 3.63) is 30.3 Å². The maximum absolute atomic E-state index is 11.5. The van der Waals surface area contributed by atoms with E-state index in [1.165, 1.54) is 11.3 Å². The summed E-state index contributed by atoms with van der Waals surface area (Å²) in [6, 6.07) is 9.82. The Morgan fingerprint density at radius 1 is 1.03 bits per heavy atom. The van der Waals surface area contributed by atoms with Crippen LogP contribution in [0.5, 0.6) is 5.19 Å². The number of hydrogen-bond acceptors (Lipinski definition) is 10. The molecule has 182 valence electrons. The average Bonchev–Trinajstić information content (AvgIpc) is 3.28. The van der Waals surface area contributed by atoms with Crippen LogP contribution in [0.1, 0.15) is 12.8 Å². The molecule has 10 nitrogen and oxygen atoms in total. The van der Waals surface area contributed by atoms with Crippen LogP contribution < -0.4 is 9.84 Å². The van der Waals surface area contributed by atoms with Crippen LogP contribution >= 0.6 is 11.3 Å². The molecule has 10 atom stereocenters. The van der Waals surface area contributed by atoms with Crippen molar-refractivity contribution in [3.63, 3.8) is 0 Å². The molecule has 0 amide bonds. The Bertz CT molecular complexity index is 1050. The summed E-state index contributed by atoms with van der Waals surface area (Å²) in [5.41, 5.74) is 0.988. The molecule has 11 heteroatoms. The predicted octanol–water partition coefficient (Wildman–Crippen LogP) is -1.00. The molecule has 1 saturated carbocycles. The van der Waals surface area contributed by atoms with Crippen LogP contribution in [0, 0.1) is 17.8 Å². The maximum atomic E-state index is 11.5. The molecule has 3 N–H and O–H groups in total. The zero-order valence-electron chi connectivity index (χ0n) is 18.3. The molecule has 3 unspecified atom stereocenters. The summed E-state index contributed by atoms with van der Waals surface area (Å²) in [4.78, 5) is 11.5. The number of carboxylic acids is 1. The molecule has 4 bridgehead atoms. The molecule has 4 saturated heterocycles. The second-order valence-electron chi connectivity index (χ2n) is 10.2. The van der Waals surface area contributed by atoms with Crippen LogP contribution in [0.4, 0.5) is 0 Å². The van der Waals surface area contributed by atoms with Gasteiger partial charge in [-0.3, -0.25) is 4.48 Å². The van der Waals surface area contributed by atoms with Gasteiger partial charge in [0.25, 0.3) is 5.19 Å². The van der Waals surface area contributed by atoms with Crippen molar-refractivity contribution in [1.29, 1.82) is 0 Å². The molecule has 0 spiro atoms. The first-order valence-corrected chi connectivity index (χ1v) is 12.5. The smallest absolute Gasteiger partial charge is 0.294 e. The minimum atomic E-state index is -1.73. The lowest BCUT2D eigenvalue weighted by molar-refractivity contribution is -1.00. The lowest BCUT2D eigenvalue weighted by atomic mass is 9.64. The number of nitrogens with zero attached hydrogens (tertiary/aromatic N) is 3. The summed E-state index contributed by atoms with van der Waals surface area (Å²) in [6.45, 7) is 2.00. The minimum absolute atomic E-state index is 0.0486. The van der Waals surface area contributed by atoms with E-state index in [1.807, 2.05) is 30.3 Å². The van der Waals surface area contributed by atoms with Crippen molar-refractivity contribution in [1.82, 2.24) is 10.2 Å². The Hall–Kier alpha value is -2.15. The summed E-state index contributed by atoms with van der Waals surface area (Å²) in [7, 11) is 0. The lowest BCUT2D eigenvalue weighted by Gasteiger charge is -2.63. The van der Waals surface area contributed by atoms with Gasteiger partial charge in [0.2, 0.25) is 6.23 Å². The van der Waals surface area contributed by atoms with E-state index in [-0.39, 0.29) is 17.9 Å². The highest BCUT2D eigenvalue weighted by atomic mass is 32.1. The number of carboxylic acid groups (broad SMARTS) is 1. The molecule has 5 aliphatic rings. The number of rotatable bonds is 5. The molecule has 1 aromatic heterocycles. The standard InChI is InChI=1S/C23H27N3O7S/c27-15-16(28)19(22(30)31)32-21(17(15)29)26-8-11-6-13(9-26)18(14(7-11)10-26)33-23-25-24-20(34-23)12-4-2-1-3-5-12/h1-5,11,13-19,21,27-29H,6-10H2/t11?,13-,14+,15-,16-,17+,18?,19-,21+,26?/m0/s1. The Morgan fingerprint density at radius 2 is 1.74 bits per heavy atom. The highest BCUT2D eigenvalue weighted by Crippen LogP contribution is 2.51. The van der Waals surface area contributed by atoms with E-state index in [0.29, 0.717) is 28.7 Å². The number of benzene rings is 1. The minimum Gasteiger partial charge on any atom is -0.547 e. The van der Waals surface area contributed by atoms with Gasteiger partial charge in [-0.25, -0.2) is 0 Å². The van der Waals surface area contributed by atoms with Gasteiger partial charge in [0.15, 0.2) is 11.1 Å². The van der Waals surface area contributed by atoms with Gasteiger partial charge in [0.05, 0.1) is 25.6 Å². The zero-order chi connectivity index (χ0) is 23.6. The van der Waals surface area contributed by atoms with Gasteiger partial charge in [-0.05, 0) is 12.8 Å². The van der Waals surface area contributed by atoms with Crippen LogP contribution in [0.25, 0.3) is 10.6 Å². The fourth-order valence-corrected chi connectivity index (χ4v) is 7.61. The Labute approximate surface area is 200 Å². The molecular weight excluding hydrogens is 462 g/mol. The topological polar surface area (TPSA) is 145 Å². The zero-order valence-corrected chi connectivity index (χ0v) is 19.2. The molecule has 1 aliphatic carbocycles. The maximum Gasteiger partial charge on any atom is 0.294 e. The van der Waals surface area contributed by atoms with Gasteiger partial charge < -0.3 is 34.7 Å². The molecular formula is C23H27N3O7S. The van der Waals surface area contributed by atoms with E-state index in [9.17, 15) is 25.2 Å². The van der Waals surface area contributed by atoms with E-state index >= 15 is 0 Å². The largest absolute Gasteiger partial charge is 0.547 e. The second kappa shape index (κ2) is 8.21. The first kappa shape index (κ1) is 22.3. The quantitative estimate of drug-likeness (QED) is 0.450. The van der Waals surface area contributed by atoms with E-state index in [4.69, 9.17) is 9.47 Å². The van der Waals surface area contributed by atoms with E-state index < -0.39 is 36.6 Å². The average molecular weight is 490 g/mol. The van der Waals surface area contributed by atoms with Crippen molar-refractivity contribution >= 4 is 17.3 Å². The number of piperidine rings is 3. The SMILES string of the molecule is O=C([O-])[C@H]1O[C@@H]([N+]23CC4C[C@H](C2)C(Oc2nnc(-c5ccccc5)s2)[C@@H](C4)C3)[C@H](O)[C@@H](O)[C@@H]1O. The third kappa shape index (κ3) is 3.53. The number of quaternary nitrogens is 1. The van der Waals surface area contributed by atoms with Gasteiger partial charge >= 0.3 is 0 Å². The van der Waals surface area contributed by atoms with Crippen molar-refractivity contribution in [2.24, 2.45) is 17.8 Å². The van der Waals surface area contributed by atoms with Crippen molar-refractivity contribution in [2.75, 3.05) is 19.6 Å². The summed E-state index contributed by atoms with van der Waals surface area (Å²) in [5.74, 6) is -0.843. The first-order chi connectivity index (χ1) is 16.3. The van der Waals surface area contributed by atoms with Crippen molar-refractivity contribution in [3.8, 4) is 15.8 Å². The number of hydrogen-bond donors (Lipinski definition) is 3. The molecule has 2 aromatic rings. The number of aromatic nitrogens is 2. The Kier molecular flexibility index (Phi) is 5.39. The fraction of sp³-hybridized carbons (Fsp3) is 0.609. The van der Waals surface area contributed by atoms with Crippen molar-refractivity contribution < 1.29 is 39.2 Å². The molecule has 5 heterocycles. The van der Waals surface area contributed by atoms with E-state index in [0.717, 1.165) is 30.0 Å². The number of aliphatic hydroxyl groups is 3. The second-order valence-corrected chi connectivity index (χ2v) is 11.1. The van der Waals surface area contributed by atoms with Crippen LogP contribution in [0.15, 0.2) is 30.3 Å². The Morgan fingerprint density at radius 3 is 2.41 bits per heavy atom. The number of ether oxygens (including phenoxy) is 2. The highest BCUT2D eigenvalue weighted by Gasteiger charge is 2.64. The summed E-state index contributed by atoms with van der Waals surface area (Å²) in [6.07, 6.45) is -5.46. The molecule has 1 aromatic carbocycles. The van der Waals surface area contributed by atoms with E-state index in [1.54, 1.807) is 0 Å². The molecule has 0 radical (unpaired) electrons. The van der Waals surface area contributed by atoms with Crippen LogP contribution in [0.2, 0.25) is 0 Å². The third-order valence-electron chi connectivity index (χ3n) is 8.04. The predicted molar refractivity (Wildman–Crippen MR) is 116 cm³/mol. The molecule has 4 aliphatic heterocycles. The van der Waals surface area contributed by atoms with E-state index in [2.05, 4.69) is 10.2 Å². The van der Waals surface area contributed by atoms with Gasteiger partial charge in [-0.2, -0.15) is 0 Å².